The van der Waals surface area contributed by atoms with Crippen molar-refractivity contribution in [2.45, 2.75) is 6.04 Å². The zero-order chi connectivity index (χ0) is 11.7. The zero-order valence-corrected chi connectivity index (χ0v) is 9.90. The summed E-state index contributed by atoms with van der Waals surface area (Å²) in [5, 5.41) is 3.48. The van der Waals surface area contributed by atoms with Crippen molar-refractivity contribution in [3.05, 3.63) is 30.4 Å². The molecular formula is C12H17N5. The van der Waals surface area contributed by atoms with Gasteiger partial charge in [0.05, 0.1) is 23.6 Å². The number of imidazole rings is 1. The summed E-state index contributed by atoms with van der Waals surface area (Å²) in [4.78, 5) is 13.3. The summed E-state index contributed by atoms with van der Waals surface area (Å²) in [5.74, 6) is 1.01. The molecule has 3 rings (SSSR count). The van der Waals surface area contributed by atoms with Gasteiger partial charge in [0.25, 0.3) is 0 Å². The molecule has 0 bridgehead atoms. The van der Waals surface area contributed by atoms with Crippen LogP contribution in [-0.2, 0) is 0 Å². The van der Waals surface area contributed by atoms with Gasteiger partial charge in [0.15, 0.2) is 0 Å². The summed E-state index contributed by atoms with van der Waals surface area (Å²) in [5.41, 5.74) is 2.12. The Morgan fingerprint density at radius 1 is 1.41 bits per heavy atom. The highest BCUT2D eigenvalue weighted by molar-refractivity contribution is 5.53. The fourth-order valence-corrected chi connectivity index (χ4v) is 2.23. The first-order valence-corrected chi connectivity index (χ1v) is 5.93. The highest BCUT2D eigenvalue weighted by Crippen LogP contribution is 2.18. The van der Waals surface area contributed by atoms with Crippen molar-refractivity contribution >= 4 is 0 Å². The van der Waals surface area contributed by atoms with Crippen LogP contribution in [0.3, 0.4) is 0 Å². The van der Waals surface area contributed by atoms with E-state index >= 15 is 0 Å². The first-order chi connectivity index (χ1) is 8.33. The molecule has 3 heterocycles. The third kappa shape index (κ3) is 2.11. The maximum Gasteiger partial charge on any atom is 0.125 e. The van der Waals surface area contributed by atoms with Crippen molar-refractivity contribution in [1.29, 1.82) is 0 Å². The number of aromatic nitrogens is 3. The minimum atomic E-state index is 0.303. The van der Waals surface area contributed by atoms with E-state index in [1.54, 1.807) is 0 Å². The number of nitrogens with one attached hydrogen (secondary N) is 3. The van der Waals surface area contributed by atoms with Crippen molar-refractivity contribution < 1.29 is 0 Å². The normalized spacial score (nSPS) is 21.8. The Labute approximate surface area is 100 Å². The Balaban J connectivity index is 1.80. The minimum absolute atomic E-state index is 0.303. The molecule has 0 spiro atoms. The molecule has 0 aliphatic carbocycles. The van der Waals surface area contributed by atoms with Crippen molar-refractivity contribution in [1.82, 2.24) is 25.2 Å². The topological polar surface area (TPSA) is 59.7 Å². The lowest BCUT2D eigenvalue weighted by atomic mass is 10.2. The van der Waals surface area contributed by atoms with E-state index < -0.39 is 0 Å². The summed E-state index contributed by atoms with van der Waals surface area (Å²) >= 11 is 0. The first-order valence-electron chi connectivity index (χ1n) is 5.93. The highest BCUT2D eigenvalue weighted by Gasteiger charge is 2.20. The van der Waals surface area contributed by atoms with Gasteiger partial charge in [-0.05, 0) is 19.2 Å². The number of H-pyrrole nitrogens is 2. The molecule has 3 N–H and O–H groups in total. The lowest BCUT2D eigenvalue weighted by molar-refractivity contribution is 0.236. The number of likely N-dealkylation sites (N-methyl/N-ethyl adjacent to an activating group) is 1. The Bertz CT molecular complexity index is 473. The van der Waals surface area contributed by atoms with Crippen LogP contribution in [0.15, 0.2) is 24.5 Å². The molecule has 0 radical (unpaired) electrons. The lowest BCUT2D eigenvalue weighted by Crippen LogP contribution is -2.44. The molecule has 2 aromatic rings. The van der Waals surface area contributed by atoms with Crippen LogP contribution in [0.2, 0.25) is 0 Å². The SMILES string of the molecule is CN1CCNC(c2ncc(-c3ccc[nH]3)[nH]2)C1. The van der Waals surface area contributed by atoms with Gasteiger partial charge < -0.3 is 20.2 Å². The van der Waals surface area contributed by atoms with E-state index in [9.17, 15) is 0 Å². The van der Waals surface area contributed by atoms with Gasteiger partial charge in [-0.3, -0.25) is 0 Å². The average molecular weight is 231 g/mol. The second-order valence-electron chi connectivity index (χ2n) is 4.53. The monoisotopic (exact) mass is 231 g/mol. The van der Waals surface area contributed by atoms with Crippen LogP contribution in [0.4, 0.5) is 0 Å². The molecule has 0 amide bonds. The molecule has 1 unspecified atom stereocenters. The van der Waals surface area contributed by atoms with E-state index in [0.717, 1.165) is 36.8 Å². The third-order valence-corrected chi connectivity index (χ3v) is 3.19. The molecule has 1 fully saturated rings. The van der Waals surface area contributed by atoms with Crippen molar-refractivity contribution in [3.8, 4) is 11.4 Å². The first kappa shape index (κ1) is 10.6. The van der Waals surface area contributed by atoms with Gasteiger partial charge in [-0.2, -0.15) is 0 Å². The maximum atomic E-state index is 4.47. The molecule has 1 aliphatic heterocycles. The molecule has 2 aromatic heterocycles. The van der Waals surface area contributed by atoms with E-state index in [1.165, 1.54) is 0 Å². The van der Waals surface area contributed by atoms with Crippen LogP contribution in [0.5, 0.6) is 0 Å². The number of hydrogen-bond donors (Lipinski definition) is 3. The number of nitrogens with zero attached hydrogens (tertiary/aromatic N) is 2. The summed E-state index contributed by atoms with van der Waals surface area (Å²) in [6.45, 7) is 3.11. The molecular weight excluding hydrogens is 214 g/mol. The number of piperazine rings is 1. The molecule has 0 saturated carbocycles. The zero-order valence-electron chi connectivity index (χ0n) is 9.90. The van der Waals surface area contributed by atoms with Gasteiger partial charge in [0.1, 0.15) is 5.82 Å². The molecule has 5 heteroatoms. The average Bonchev–Trinajstić information content (AvgIpc) is 3.00. The van der Waals surface area contributed by atoms with E-state index in [1.807, 2.05) is 24.5 Å². The number of aromatic amines is 2. The molecule has 0 aromatic carbocycles. The van der Waals surface area contributed by atoms with Crippen molar-refractivity contribution in [2.75, 3.05) is 26.7 Å². The summed E-state index contributed by atoms with van der Waals surface area (Å²) < 4.78 is 0. The standard InChI is InChI=1S/C12H17N5/c1-17-6-5-14-11(8-17)12-15-7-10(16-12)9-3-2-4-13-9/h2-4,7,11,13-14H,5-6,8H2,1H3,(H,15,16). The fourth-order valence-electron chi connectivity index (χ4n) is 2.23. The van der Waals surface area contributed by atoms with E-state index in [0.29, 0.717) is 6.04 Å². The summed E-state index contributed by atoms with van der Waals surface area (Å²) in [6, 6.07) is 4.33. The molecule has 17 heavy (non-hydrogen) atoms. The van der Waals surface area contributed by atoms with Crippen LogP contribution in [-0.4, -0.2) is 46.5 Å². The molecule has 90 valence electrons. The van der Waals surface area contributed by atoms with E-state index in [-0.39, 0.29) is 0 Å². The Hall–Kier alpha value is -1.59. The Morgan fingerprint density at radius 3 is 3.12 bits per heavy atom. The quantitative estimate of drug-likeness (QED) is 0.722. The third-order valence-electron chi connectivity index (χ3n) is 3.19. The van der Waals surface area contributed by atoms with Crippen LogP contribution in [0, 0.1) is 0 Å². The largest absolute Gasteiger partial charge is 0.360 e. The minimum Gasteiger partial charge on any atom is -0.360 e. The van der Waals surface area contributed by atoms with Gasteiger partial charge in [-0.25, -0.2) is 4.98 Å². The Kier molecular flexibility index (Phi) is 2.70. The predicted octanol–water partition coefficient (Wildman–Crippen LogP) is 0.981. The molecule has 1 atom stereocenters. The summed E-state index contributed by atoms with van der Waals surface area (Å²) in [6.07, 6.45) is 3.81. The van der Waals surface area contributed by atoms with Crippen molar-refractivity contribution in [3.63, 3.8) is 0 Å². The van der Waals surface area contributed by atoms with Gasteiger partial charge in [0, 0.05) is 25.8 Å². The van der Waals surface area contributed by atoms with Crippen LogP contribution < -0.4 is 5.32 Å². The predicted molar refractivity (Wildman–Crippen MR) is 66.6 cm³/mol. The molecule has 5 nitrogen and oxygen atoms in total. The fraction of sp³-hybridized carbons (Fsp3) is 0.417. The smallest absolute Gasteiger partial charge is 0.125 e. The maximum absolute atomic E-state index is 4.47. The molecule has 1 saturated heterocycles. The van der Waals surface area contributed by atoms with E-state index in [2.05, 4.69) is 32.2 Å². The van der Waals surface area contributed by atoms with Crippen molar-refractivity contribution in [2.24, 2.45) is 0 Å². The Morgan fingerprint density at radius 2 is 2.35 bits per heavy atom. The number of hydrogen-bond acceptors (Lipinski definition) is 3. The van der Waals surface area contributed by atoms with Gasteiger partial charge in [-0.1, -0.05) is 0 Å². The second kappa shape index (κ2) is 4.35. The number of rotatable bonds is 2. The van der Waals surface area contributed by atoms with Gasteiger partial charge in [-0.15, -0.1) is 0 Å². The molecule has 1 aliphatic rings. The second-order valence-corrected chi connectivity index (χ2v) is 4.53. The van der Waals surface area contributed by atoms with Crippen LogP contribution >= 0.6 is 0 Å². The summed E-state index contributed by atoms with van der Waals surface area (Å²) in [7, 11) is 2.14. The lowest BCUT2D eigenvalue weighted by Gasteiger charge is -2.29. The highest BCUT2D eigenvalue weighted by atomic mass is 15.2. The van der Waals surface area contributed by atoms with Gasteiger partial charge in [0.2, 0.25) is 0 Å². The van der Waals surface area contributed by atoms with Crippen LogP contribution in [0.1, 0.15) is 11.9 Å². The van der Waals surface area contributed by atoms with Gasteiger partial charge >= 0.3 is 0 Å². The van der Waals surface area contributed by atoms with Crippen LogP contribution in [0.25, 0.3) is 11.4 Å². The van der Waals surface area contributed by atoms with E-state index in [4.69, 9.17) is 0 Å².